The summed E-state index contributed by atoms with van der Waals surface area (Å²) in [6.45, 7) is 9.54. The van der Waals surface area contributed by atoms with Gasteiger partial charge >= 0.3 is 0 Å². The van der Waals surface area contributed by atoms with E-state index in [0.717, 1.165) is 6.54 Å². The molecule has 84 valence electrons. The molecule has 0 heterocycles. The first-order valence-corrected chi connectivity index (χ1v) is 4.72. The van der Waals surface area contributed by atoms with E-state index in [9.17, 15) is 0 Å². The van der Waals surface area contributed by atoms with Crippen LogP contribution in [-0.4, -0.2) is 30.8 Å². The Bertz CT molecular complexity index is 85.7. The van der Waals surface area contributed by atoms with E-state index in [2.05, 4.69) is 13.8 Å². The summed E-state index contributed by atoms with van der Waals surface area (Å²) in [6, 6.07) is 0. The molecule has 0 spiro atoms. The van der Waals surface area contributed by atoms with Crippen LogP contribution in [0.4, 0.5) is 0 Å². The van der Waals surface area contributed by atoms with Gasteiger partial charge in [-0.2, -0.15) is 0 Å². The molecular weight excluding hydrogens is 209 g/mol. The Morgan fingerprint density at radius 1 is 1.08 bits per heavy atom. The zero-order valence-electron chi connectivity index (χ0n) is 8.82. The maximum absolute atomic E-state index is 9.16. The van der Waals surface area contributed by atoms with Crippen molar-refractivity contribution in [3.8, 4) is 0 Å². The lowest BCUT2D eigenvalue weighted by molar-refractivity contribution is -0.903. The molecule has 0 amide bonds. The lowest BCUT2D eigenvalue weighted by Crippen LogP contribution is -3.13. The molecule has 0 aliphatic rings. The van der Waals surface area contributed by atoms with Gasteiger partial charge in [0.2, 0.25) is 0 Å². The van der Waals surface area contributed by atoms with Crippen molar-refractivity contribution in [1.29, 1.82) is 0 Å². The van der Waals surface area contributed by atoms with Crippen LogP contribution in [0.3, 0.4) is 0 Å². The first kappa shape index (κ1) is 19.1. The highest BCUT2D eigenvalue weighted by molar-refractivity contribution is 4.40. The third-order valence-corrected chi connectivity index (χ3v) is 1.79. The van der Waals surface area contributed by atoms with E-state index >= 15 is 0 Å². The van der Waals surface area contributed by atoms with E-state index < -0.39 is 0 Å². The number of hydrogen-bond acceptors (Lipinski definition) is 1. The van der Waals surface area contributed by atoms with Gasteiger partial charge < -0.3 is 34.8 Å². The lowest BCUT2D eigenvalue weighted by Gasteiger charge is -2.19. The maximum atomic E-state index is 9.16. The van der Waals surface area contributed by atoms with Crippen LogP contribution in [-0.2, 0) is 0 Å². The standard InChI is InChI=1S/C9H21NO.2ClH/c1-4-6-10(7-5-2)8-9(3)11;;/h9,11H,4-8H2,1-3H3;2*1H/p-1. The van der Waals surface area contributed by atoms with Crippen molar-refractivity contribution in [2.45, 2.75) is 39.7 Å². The van der Waals surface area contributed by atoms with Gasteiger partial charge in [-0.1, -0.05) is 13.8 Å². The molecule has 0 radical (unpaired) electrons. The summed E-state index contributed by atoms with van der Waals surface area (Å²) < 4.78 is 0. The van der Waals surface area contributed by atoms with Crippen LogP contribution in [0.15, 0.2) is 0 Å². The number of nitrogens with one attached hydrogen (secondary N) is 1. The number of halogens is 2. The van der Waals surface area contributed by atoms with Gasteiger partial charge in [0.1, 0.15) is 12.6 Å². The van der Waals surface area contributed by atoms with Crippen molar-refractivity contribution >= 4 is 0 Å². The van der Waals surface area contributed by atoms with Crippen LogP contribution in [0, 0.1) is 0 Å². The van der Waals surface area contributed by atoms with Crippen molar-refractivity contribution in [2.75, 3.05) is 19.6 Å². The first-order valence-electron chi connectivity index (χ1n) is 4.72. The smallest absolute Gasteiger partial charge is 0.103 e. The minimum absolute atomic E-state index is 0. The summed E-state index contributed by atoms with van der Waals surface area (Å²) in [5.74, 6) is 0. The topological polar surface area (TPSA) is 24.7 Å². The highest BCUT2D eigenvalue weighted by atomic mass is 35.5. The molecule has 1 unspecified atom stereocenters. The van der Waals surface area contributed by atoms with Gasteiger partial charge in [-0.3, -0.25) is 0 Å². The predicted octanol–water partition coefficient (Wildman–Crippen LogP) is -5.92. The molecule has 0 aliphatic heterocycles. The quantitative estimate of drug-likeness (QED) is 0.467. The molecule has 0 aromatic carbocycles. The van der Waals surface area contributed by atoms with Crippen LogP contribution in [0.1, 0.15) is 33.6 Å². The highest BCUT2D eigenvalue weighted by Gasteiger charge is 2.08. The molecule has 0 aliphatic carbocycles. The summed E-state index contributed by atoms with van der Waals surface area (Å²) >= 11 is 0. The molecule has 0 saturated carbocycles. The fraction of sp³-hybridized carbons (Fsp3) is 1.00. The Morgan fingerprint density at radius 3 is 1.69 bits per heavy atom. The first-order chi connectivity index (χ1) is 5.20. The van der Waals surface area contributed by atoms with Crippen LogP contribution < -0.4 is 29.7 Å². The Balaban J connectivity index is -0.000000500. The minimum atomic E-state index is -0.150. The summed E-state index contributed by atoms with van der Waals surface area (Å²) in [6.07, 6.45) is 2.27. The van der Waals surface area contributed by atoms with Crippen molar-refractivity contribution in [1.82, 2.24) is 0 Å². The Hall–Kier alpha value is 0.500. The molecule has 4 heteroatoms. The van der Waals surface area contributed by atoms with E-state index in [1.54, 1.807) is 0 Å². The fourth-order valence-electron chi connectivity index (χ4n) is 1.45. The average molecular weight is 231 g/mol. The van der Waals surface area contributed by atoms with Crippen LogP contribution in [0.2, 0.25) is 0 Å². The van der Waals surface area contributed by atoms with Gasteiger partial charge in [-0.05, 0) is 19.8 Å². The maximum Gasteiger partial charge on any atom is 0.103 e. The van der Waals surface area contributed by atoms with Gasteiger partial charge in [-0.15, -0.1) is 0 Å². The minimum Gasteiger partial charge on any atom is -1.00 e. The number of rotatable bonds is 6. The third-order valence-electron chi connectivity index (χ3n) is 1.79. The van der Waals surface area contributed by atoms with Crippen LogP contribution in [0.25, 0.3) is 0 Å². The zero-order chi connectivity index (χ0) is 8.69. The number of aliphatic hydroxyl groups excluding tert-OH is 1. The van der Waals surface area contributed by atoms with Gasteiger partial charge in [-0.25, -0.2) is 0 Å². The second-order valence-electron chi connectivity index (χ2n) is 3.30. The number of hydrogen-bond donors (Lipinski definition) is 2. The molecular formula is C9H22Cl2NO-. The van der Waals surface area contributed by atoms with Gasteiger partial charge in [0.25, 0.3) is 0 Å². The molecule has 1 atom stereocenters. The van der Waals surface area contributed by atoms with Gasteiger partial charge in [0, 0.05) is 0 Å². The van der Waals surface area contributed by atoms with Crippen molar-refractivity contribution in [3.05, 3.63) is 0 Å². The number of quaternary nitrogens is 1. The SMILES string of the molecule is CCC[NH+](CCC)CC(C)O.[Cl-].[Cl-]. The van der Waals surface area contributed by atoms with E-state index in [1.165, 1.54) is 30.8 Å². The van der Waals surface area contributed by atoms with E-state index in [0.29, 0.717) is 0 Å². The van der Waals surface area contributed by atoms with Crippen molar-refractivity contribution in [2.24, 2.45) is 0 Å². The normalized spacial score (nSPS) is 11.8. The Morgan fingerprint density at radius 2 is 1.46 bits per heavy atom. The second-order valence-corrected chi connectivity index (χ2v) is 3.30. The zero-order valence-corrected chi connectivity index (χ0v) is 10.3. The summed E-state index contributed by atoms with van der Waals surface area (Å²) in [4.78, 5) is 1.53. The lowest BCUT2D eigenvalue weighted by atomic mass is 10.3. The largest absolute Gasteiger partial charge is 1.00 e. The third kappa shape index (κ3) is 12.5. The summed E-state index contributed by atoms with van der Waals surface area (Å²) in [7, 11) is 0. The second kappa shape index (κ2) is 12.5. The van der Waals surface area contributed by atoms with Gasteiger partial charge in [0.15, 0.2) is 0 Å². The van der Waals surface area contributed by atoms with Gasteiger partial charge in [0.05, 0.1) is 13.1 Å². The van der Waals surface area contributed by atoms with E-state index in [-0.39, 0.29) is 30.9 Å². The molecule has 0 saturated heterocycles. The van der Waals surface area contributed by atoms with Crippen molar-refractivity contribution in [3.63, 3.8) is 0 Å². The molecule has 2 nitrogen and oxygen atoms in total. The monoisotopic (exact) mass is 230 g/mol. The van der Waals surface area contributed by atoms with Crippen LogP contribution >= 0.6 is 0 Å². The molecule has 0 fully saturated rings. The molecule has 0 aromatic heterocycles. The molecule has 0 aromatic rings. The Kier molecular flexibility index (Phi) is 18.4. The van der Waals surface area contributed by atoms with E-state index in [1.807, 2.05) is 6.92 Å². The summed E-state index contributed by atoms with van der Waals surface area (Å²) in [5, 5.41) is 9.16. The Labute approximate surface area is 94.5 Å². The number of aliphatic hydroxyl groups is 1. The van der Waals surface area contributed by atoms with Crippen molar-refractivity contribution < 1.29 is 34.8 Å². The summed E-state index contributed by atoms with van der Waals surface area (Å²) in [5.41, 5.74) is 0. The predicted molar refractivity (Wildman–Crippen MR) is 47.8 cm³/mol. The molecule has 0 rings (SSSR count). The van der Waals surface area contributed by atoms with E-state index in [4.69, 9.17) is 5.11 Å². The highest BCUT2D eigenvalue weighted by Crippen LogP contribution is 1.74. The molecule has 0 bridgehead atoms. The molecule has 2 N–H and O–H groups in total. The molecule has 13 heavy (non-hydrogen) atoms. The average Bonchev–Trinajstić information content (AvgIpc) is 1.87. The fourth-order valence-corrected chi connectivity index (χ4v) is 1.45. The van der Waals surface area contributed by atoms with Crippen LogP contribution in [0.5, 0.6) is 0 Å².